The number of hydrogen-bond acceptors (Lipinski definition) is 3. The minimum Gasteiger partial charge on any atom is -0.380 e. The number of ether oxygens (including phenoxy) is 1. The van der Waals surface area contributed by atoms with Gasteiger partial charge in [0.15, 0.2) is 0 Å². The van der Waals surface area contributed by atoms with Crippen LogP contribution in [0.4, 0.5) is 0 Å². The highest BCUT2D eigenvalue weighted by molar-refractivity contribution is 7.89. The van der Waals surface area contributed by atoms with E-state index in [9.17, 15) is 8.42 Å². The van der Waals surface area contributed by atoms with Crippen LogP contribution in [0, 0.1) is 5.92 Å². The van der Waals surface area contributed by atoms with Gasteiger partial charge in [-0.05, 0) is 12.3 Å². The summed E-state index contributed by atoms with van der Waals surface area (Å²) in [5.41, 5.74) is 0. The average Bonchev–Trinajstić information content (AvgIpc) is 1.90. The minimum absolute atomic E-state index is 0.0718. The van der Waals surface area contributed by atoms with E-state index in [-0.39, 0.29) is 12.4 Å². The molecule has 0 unspecified atom stereocenters. The van der Waals surface area contributed by atoms with Crippen molar-refractivity contribution in [3.05, 3.63) is 0 Å². The van der Waals surface area contributed by atoms with E-state index < -0.39 is 10.0 Å². The van der Waals surface area contributed by atoms with Crippen molar-refractivity contribution in [1.82, 2.24) is 0 Å². The summed E-state index contributed by atoms with van der Waals surface area (Å²) in [6.45, 7) is 0.895. The molecule has 1 fully saturated rings. The second kappa shape index (κ2) is 4.93. The first-order chi connectivity index (χ1) is 6.08. The van der Waals surface area contributed by atoms with Gasteiger partial charge in [-0.1, -0.05) is 19.3 Å². The third-order valence-electron chi connectivity index (χ3n) is 2.41. The molecule has 1 aliphatic rings. The summed E-state index contributed by atoms with van der Waals surface area (Å²) >= 11 is 0. The van der Waals surface area contributed by atoms with Crippen molar-refractivity contribution in [2.45, 2.75) is 25.7 Å². The SMILES string of the molecule is NS(=O)(=O)CCOCCC1CCC1. The zero-order valence-electron chi connectivity index (χ0n) is 7.74. The van der Waals surface area contributed by atoms with Crippen LogP contribution >= 0.6 is 0 Å². The first-order valence-corrected chi connectivity index (χ1v) is 6.38. The standard InChI is InChI=1S/C8H17NO3S/c9-13(10,11)7-6-12-5-4-8-2-1-3-8/h8H,1-7H2,(H2,9,10,11). The van der Waals surface area contributed by atoms with Crippen molar-refractivity contribution in [3.8, 4) is 0 Å². The number of sulfonamides is 1. The molecule has 1 rings (SSSR count). The highest BCUT2D eigenvalue weighted by atomic mass is 32.2. The Morgan fingerprint density at radius 1 is 1.31 bits per heavy atom. The molecule has 13 heavy (non-hydrogen) atoms. The van der Waals surface area contributed by atoms with Gasteiger partial charge in [0.05, 0.1) is 12.4 Å². The van der Waals surface area contributed by atoms with E-state index >= 15 is 0 Å². The first kappa shape index (κ1) is 10.9. The number of hydrogen-bond donors (Lipinski definition) is 1. The van der Waals surface area contributed by atoms with Crippen molar-refractivity contribution < 1.29 is 13.2 Å². The molecule has 0 aromatic carbocycles. The first-order valence-electron chi connectivity index (χ1n) is 4.66. The predicted molar refractivity (Wildman–Crippen MR) is 50.8 cm³/mol. The lowest BCUT2D eigenvalue weighted by atomic mass is 9.83. The van der Waals surface area contributed by atoms with Crippen LogP contribution in [0.5, 0.6) is 0 Å². The van der Waals surface area contributed by atoms with E-state index in [4.69, 9.17) is 9.88 Å². The molecule has 0 radical (unpaired) electrons. The fourth-order valence-electron chi connectivity index (χ4n) is 1.31. The molecule has 4 nitrogen and oxygen atoms in total. The summed E-state index contributed by atoms with van der Waals surface area (Å²) in [6.07, 6.45) is 5.00. The van der Waals surface area contributed by atoms with Crippen LogP contribution in [0.15, 0.2) is 0 Å². The van der Waals surface area contributed by atoms with Gasteiger partial charge in [-0.2, -0.15) is 0 Å². The summed E-state index contributed by atoms with van der Waals surface area (Å²) in [5, 5.41) is 4.81. The Morgan fingerprint density at radius 3 is 2.46 bits per heavy atom. The zero-order valence-corrected chi connectivity index (χ0v) is 8.55. The maximum Gasteiger partial charge on any atom is 0.211 e. The largest absolute Gasteiger partial charge is 0.380 e. The van der Waals surface area contributed by atoms with Crippen molar-refractivity contribution in [2.24, 2.45) is 11.1 Å². The van der Waals surface area contributed by atoms with Gasteiger partial charge in [0, 0.05) is 6.61 Å². The van der Waals surface area contributed by atoms with Gasteiger partial charge in [0.25, 0.3) is 0 Å². The van der Waals surface area contributed by atoms with Crippen LogP contribution in [-0.2, 0) is 14.8 Å². The Balaban J connectivity index is 1.89. The highest BCUT2D eigenvalue weighted by Gasteiger charge is 2.16. The summed E-state index contributed by atoms with van der Waals surface area (Å²) in [7, 11) is -3.34. The maximum atomic E-state index is 10.5. The van der Waals surface area contributed by atoms with Gasteiger partial charge in [0.2, 0.25) is 10.0 Å². The third-order valence-corrected chi connectivity index (χ3v) is 3.14. The van der Waals surface area contributed by atoms with E-state index in [1.54, 1.807) is 0 Å². The van der Waals surface area contributed by atoms with Gasteiger partial charge in [-0.25, -0.2) is 13.6 Å². The minimum atomic E-state index is -3.34. The second-order valence-corrected chi connectivity index (χ2v) is 5.30. The predicted octanol–water partition coefficient (Wildman–Crippen LogP) is 0.482. The Labute approximate surface area is 79.5 Å². The topological polar surface area (TPSA) is 69.4 Å². The molecule has 2 N–H and O–H groups in total. The van der Waals surface area contributed by atoms with Crippen molar-refractivity contribution in [2.75, 3.05) is 19.0 Å². The molecule has 1 saturated carbocycles. The van der Waals surface area contributed by atoms with Gasteiger partial charge in [-0.15, -0.1) is 0 Å². The van der Waals surface area contributed by atoms with Crippen LogP contribution in [-0.4, -0.2) is 27.4 Å². The van der Waals surface area contributed by atoms with Crippen molar-refractivity contribution >= 4 is 10.0 Å². The number of primary sulfonamides is 1. The molecule has 0 heterocycles. The van der Waals surface area contributed by atoms with Gasteiger partial charge in [0.1, 0.15) is 0 Å². The van der Waals surface area contributed by atoms with Gasteiger partial charge < -0.3 is 4.74 Å². The van der Waals surface area contributed by atoms with E-state index in [0.29, 0.717) is 6.61 Å². The lowest BCUT2D eigenvalue weighted by Crippen LogP contribution is -2.21. The summed E-state index contributed by atoms with van der Waals surface area (Å²) in [5.74, 6) is 0.743. The molecule has 0 amide bonds. The highest BCUT2D eigenvalue weighted by Crippen LogP contribution is 2.28. The number of rotatable bonds is 6. The molecular weight excluding hydrogens is 190 g/mol. The van der Waals surface area contributed by atoms with Crippen molar-refractivity contribution in [3.63, 3.8) is 0 Å². The molecule has 0 saturated heterocycles. The van der Waals surface area contributed by atoms with Gasteiger partial charge in [-0.3, -0.25) is 0 Å². The molecule has 0 spiro atoms. The fraction of sp³-hybridized carbons (Fsp3) is 1.00. The van der Waals surface area contributed by atoms with E-state index in [2.05, 4.69) is 0 Å². The molecular formula is C8H17NO3S. The fourth-order valence-corrected chi connectivity index (χ4v) is 1.66. The van der Waals surface area contributed by atoms with E-state index in [1.807, 2.05) is 0 Å². The molecule has 5 heteroatoms. The molecule has 0 aliphatic heterocycles. The maximum absolute atomic E-state index is 10.5. The lowest BCUT2D eigenvalue weighted by Gasteiger charge is -2.24. The normalized spacial score (nSPS) is 18.5. The molecule has 78 valence electrons. The van der Waals surface area contributed by atoms with Gasteiger partial charge >= 0.3 is 0 Å². The zero-order chi connectivity index (χ0) is 9.73. The third kappa shape index (κ3) is 5.23. The Morgan fingerprint density at radius 2 is 2.00 bits per heavy atom. The van der Waals surface area contributed by atoms with Crippen LogP contribution in [0.2, 0.25) is 0 Å². The van der Waals surface area contributed by atoms with Crippen LogP contribution in [0.3, 0.4) is 0 Å². The Bertz CT molecular complexity index is 234. The van der Waals surface area contributed by atoms with Crippen LogP contribution in [0.25, 0.3) is 0 Å². The molecule has 1 aliphatic carbocycles. The lowest BCUT2D eigenvalue weighted by molar-refractivity contribution is 0.118. The van der Waals surface area contributed by atoms with E-state index in [0.717, 1.165) is 12.3 Å². The molecule has 0 atom stereocenters. The van der Waals surface area contributed by atoms with Crippen LogP contribution < -0.4 is 5.14 Å². The Kier molecular flexibility index (Phi) is 4.15. The average molecular weight is 207 g/mol. The summed E-state index contributed by atoms with van der Waals surface area (Å²) in [6, 6.07) is 0. The smallest absolute Gasteiger partial charge is 0.211 e. The summed E-state index contributed by atoms with van der Waals surface area (Å²) < 4.78 is 26.1. The monoisotopic (exact) mass is 207 g/mol. The van der Waals surface area contributed by atoms with Crippen molar-refractivity contribution in [1.29, 1.82) is 0 Å². The Hall–Kier alpha value is -0.130. The molecule has 0 aromatic heterocycles. The second-order valence-electron chi connectivity index (χ2n) is 3.56. The molecule has 0 bridgehead atoms. The molecule has 0 aromatic rings. The summed E-state index contributed by atoms with van der Waals surface area (Å²) in [4.78, 5) is 0. The number of nitrogens with two attached hydrogens (primary N) is 1. The quantitative estimate of drug-likeness (QED) is 0.644. The van der Waals surface area contributed by atoms with Crippen LogP contribution in [0.1, 0.15) is 25.7 Å². The van der Waals surface area contributed by atoms with E-state index in [1.165, 1.54) is 19.3 Å².